The number of amides is 1. The van der Waals surface area contributed by atoms with Crippen LogP contribution in [-0.4, -0.2) is 29.9 Å². The molecule has 1 aliphatic rings. The van der Waals surface area contributed by atoms with Crippen molar-refractivity contribution in [2.75, 3.05) is 18.5 Å². The molecule has 6 nitrogen and oxygen atoms in total. The maximum Gasteiger partial charge on any atom is 0.418 e. The number of carbonyl (C=O) groups is 2. The van der Waals surface area contributed by atoms with Crippen molar-refractivity contribution in [1.29, 1.82) is 0 Å². The van der Waals surface area contributed by atoms with Gasteiger partial charge in [-0.1, -0.05) is 30.3 Å². The number of aromatic nitrogens is 1. The second kappa shape index (κ2) is 12.2. The van der Waals surface area contributed by atoms with Crippen LogP contribution in [0.15, 0.2) is 72.9 Å². The highest BCUT2D eigenvalue weighted by atomic mass is 19.4. The van der Waals surface area contributed by atoms with Crippen molar-refractivity contribution in [3.05, 3.63) is 89.7 Å². The Hall–Kier alpha value is -3.72. The molecule has 0 unspecified atom stereocenters. The van der Waals surface area contributed by atoms with Gasteiger partial charge in [0, 0.05) is 43.6 Å². The molecule has 0 radical (unpaired) electrons. The minimum Gasteiger partial charge on any atom is -0.380 e. The second-order valence-corrected chi connectivity index (χ2v) is 9.52. The summed E-state index contributed by atoms with van der Waals surface area (Å²) < 4.78 is 45.3. The van der Waals surface area contributed by atoms with E-state index < -0.39 is 17.2 Å². The number of halogens is 3. The van der Waals surface area contributed by atoms with Crippen LogP contribution in [0, 0.1) is 5.41 Å². The van der Waals surface area contributed by atoms with Crippen molar-refractivity contribution in [2.24, 2.45) is 5.41 Å². The molecule has 0 bridgehead atoms. The number of nitrogens with zero attached hydrogens (tertiary/aromatic N) is 1. The number of carbonyl (C=O) groups excluding carboxylic acids is 2. The number of pyridine rings is 1. The number of Topliss-reactive ketones (excluding diaryl/α,β-unsaturated/α-hetero) is 1. The molecule has 0 aliphatic carbocycles. The van der Waals surface area contributed by atoms with E-state index in [9.17, 15) is 22.8 Å². The van der Waals surface area contributed by atoms with Gasteiger partial charge in [-0.25, -0.2) is 0 Å². The van der Waals surface area contributed by atoms with Crippen LogP contribution >= 0.6 is 0 Å². The van der Waals surface area contributed by atoms with Gasteiger partial charge in [0.15, 0.2) is 0 Å². The summed E-state index contributed by atoms with van der Waals surface area (Å²) in [6.45, 7) is 1.09. The molecule has 4 rings (SSSR count). The highest BCUT2D eigenvalue weighted by Gasteiger charge is 2.41. The van der Waals surface area contributed by atoms with E-state index in [4.69, 9.17) is 4.74 Å². The predicted octanol–water partition coefficient (Wildman–Crippen LogP) is 5.85. The summed E-state index contributed by atoms with van der Waals surface area (Å²) in [6.07, 6.45) is -0.416. The van der Waals surface area contributed by atoms with Gasteiger partial charge in [-0.3, -0.25) is 14.6 Å². The maximum absolute atomic E-state index is 13.2. The van der Waals surface area contributed by atoms with Gasteiger partial charge in [0.2, 0.25) is 5.91 Å². The zero-order chi connectivity index (χ0) is 27.0. The lowest BCUT2D eigenvalue weighted by Gasteiger charge is -2.26. The Morgan fingerprint density at radius 2 is 1.76 bits per heavy atom. The van der Waals surface area contributed by atoms with E-state index in [-0.39, 0.29) is 30.3 Å². The molecule has 1 atom stereocenters. The van der Waals surface area contributed by atoms with E-state index in [1.54, 1.807) is 42.6 Å². The van der Waals surface area contributed by atoms with Crippen LogP contribution in [0.4, 0.5) is 24.5 Å². The molecule has 38 heavy (non-hydrogen) atoms. The first-order chi connectivity index (χ1) is 18.2. The van der Waals surface area contributed by atoms with Crippen LogP contribution in [0.1, 0.15) is 42.5 Å². The Kier molecular flexibility index (Phi) is 8.78. The fourth-order valence-electron chi connectivity index (χ4n) is 4.58. The SMILES string of the molecule is O=C(CCC[C@@]1(C(=O)NCc2ccc(Nc3ccccc3C(F)(F)F)cc2)CCOC1)Cc1ccccn1. The highest BCUT2D eigenvalue weighted by Crippen LogP contribution is 2.36. The van der Waals surface area contributed by atoms with Gasteiger partial charge >= 0.3 is 6.18 Å². The number of anilines is 2. The quantitative estimate of drug-likeness (QED) is 0.328. The van der Waals surface area contributed by atoms with Crippen LogP contribution in [-0.2, 0) is 33.5 Å². The summed E-state index contributed by atoms with van der Waals surface area (Å²) in [6, 6.07) is 17.6. The first kappa shape index (κ1) is 27.3. The molecule has 9 heteroatoms. The summed E-state index contributed by atoms with van der Waals surface area (Å²) in [5.74, 6) is -0.0294. The molecule has 1 aromatic heterocycles. The summed E-state index contributed by atoms with van der Waals surface area (Å²) in [7, 11) is 0. The predicted molar refractivity (Wildman–Crippen MR) is 138 cm³/mol. The topological polar surface area (TPSA) is 80.3 Å². The number of ether oxygens (including phenoxy) is 1. The first-order valence-corrected chi connectivity index (χ1v) is 12.6. The lowest BCUT2D eigenvalue weighted by atomic mass is 9.80. The van der Waals surface area contributed by atoms with E-state index in [2.05, 4.69) is 15.6 Å². The number of nitrogens with one attached hydrogen (secondary N) is 2. The van der Waals surface area contributed by atoms with Crippen molar-refractivity contribution >= 4 is 23.1 Å². The van der Waals surface area contributed by atoms with Gasteiger partial charge in [-0.2, -0.15) is 13.2 Å². The van der Waals surface area contributed by atoms with Gasteiger partial charge in [0.05, 0.1) is 23.3 Å². The fraction of sp³-hybridized carbons (Fsp3) is 0.345. The van der Waals surface area contributed by atoms with Gasteiger partial charge in [-0.05, 0) is 61.2 Å². The number of rotatable bonds is 11. The molecular formula is C29H30F3N3O3. The molecule has 2 N–H and O–H groups in total. The molecule has 1 aliphatic heterocycles. The van der Waals surface area contributed by atoms with Gasteiger partial charge in [-0.15, -0.1) is 0 Å². The van der Waals surface area contributed by atoms with E-state index in [1.165, 1.54) is 12.1 Å². The van der Waals surface area contributed by atoms with Crippen molar-refractivity contribution in [2.45, 2.75) is 44.8 Å². The molecule has 0 spiro atoms. The third-order valence-electron chi connectivity index (χ3n) is 6.72. The van der Waals surface area contributed by atoms with Crippen molar-refractivity contribution in [1.82, 2.24) is 10.3 Å². The molecule has 1 fully saturated rings. The summed E-state index contributed by atoms with van der Waals surface area (Å²) in [5, 5.41) is 5.79. The first-order valence-electron chi connectivity index (χ1n) is 12.6. The Morgan fingerprint density at radius 3 is 2.45 bits per heavy atom. The largest absolute Gasteiger partial charge is 0.418 e. The number of para-hydroxylation sites is 1. The van der Waals surface area contributed by atoms with E-state index in [0.29, 0.717) is 44.6 Å². The highest BCUT2D eigenvalue weighted by molar-refractivity contribution is 5.83. The molecule has 2 aromatic carbocycles. The lowest BCUT2D eigenvalue weighted by Crippen LogP contribution is -2.41. The number of alkyl halides is 3. The fourth-order valence-corrected chi connectivity index (χ4v) is 4.58. The van der Waals surface area contributed by atoms with Crippen LogP contribution in [0.25, 0.3) is 0 Å². The standard InChI is InChI=1S/C29H30F3N3O3/c30-29(31,32)25-8-1-2-9-26(25)35-22-12-10-21(11-13-22)19-34-27(37)28(15-17-38-20-28)14-5-7-24(36)18-23-6-3-4-16-33-23/h1-4,6,8-13,16,35H,5,7,14-15,17-20H2,(H,34,37)/t28-/m1/s1. The summed E-state index contributed by atoms with van der Waals surface area (Å²) in [5.41, 5.74) is 0.621. The minimum absolute atomic E-state index is 0.0252. The lowest BCUT2D eigenvalue weighted by molar-refractivity contribution is -0.137. The minimum atomic E-state index is -4.46. The van der Waals surface area contributed by atoms with Crippen LogP contribution < -0.4 is 10.6 Å². The number of hydrogen-bond acceptors (Lipinski definition) is 5. The van der Waals surface area contributed by atoms with E-state index >= 15 is 0 Å². The number of hydrogen-bond donors (Lipinski definition) is 2. The smallest absolute Gasteiger partial charge is 0.380 e. The van der Waals surface area contributed by atoms with E-state index in [0.717, 1.165) is 17.3 Å². The molecule has 3 aromatic rings. The van der Waals surface area contributed by atoms with Gasteiger partial charge in [0.25, 0.3) is 0 Å². The third-order valence-corrected chi connectivity index (χ3v) is 6.72. The summed E-state index contributed by atoms with van der Waals surface area (Å²) in [4.78, 5) is 29.7. The van der Waals surface area contributed by atoms with Crippen LogP contribution in [0.5, 0.6) is 0 Å². The molecule has 1 saturated heterocycles. The van der Waals surface area contributed by atoms with Crippen molar-refractivity contribution in [3.8, 4) is 0 Å². The Balaban J connectivity index is 1.29. The molecule has 2 heterocycles. The van der Waals surface area contributed by atoms with Crippen LogP contribution in [0.3, 0.4) is 0 Å². The second-order valence-electron chi connectivity index (χ2n) is 9.52. The average molecular weight is 526 g/mol. The van der Waals surface area contributed by atoms with Crippen LogP contribution in [0.2, 0.25) is 0 Å². The maximum atomic E-state index is 13.2. The molecule has 1 amide bonds. The van der Waals surface area contributed by atoms with Gasteiger partial charge < -0.3 is 15.4 Å². The molecule has 200 valence electrons. The Morgan fingerprint density at radius 1 is 1.00 bits per heavy atom. The summed E-state index contributed by atoms with van der Waals surface area (Å²) >= 11 is 0. The molecule has 0 saturated carbocycles. The monoisotopic (exact) mass is 525 g/mol. The third kappa shape index (κ3) is 7.19. The Labute approximate surface area is 219 Å². The number of benzene rings is 2. The van der Waals surface area contributed by atoms with Crippen molar-refractivity contribution in [3.63, 3.8) is 0 Å². The van der Waals surface area contributed by atoms with Gasteiger partial charge in [0.1, 0.15) is 5.78 Å². The van der Waals surface area contributed by atoms with E-state index in [1.807, 2.05) is 12.1 Å². The zero-order valence-electron chi connectivity index (χ0n) is 20.9. The average Bonchev–Trinajstić information content (AvgIpc) is 3.38. The zero-order valence-corrected chi connectivity index (χ0v) is 20.9. The van der Waals surface area contributed by atoms with Crippen molar-refractivity contribution < 1.29 is 27.5 Å². The molecular weight excluding hydrogens is 495 g/mol. The normalized spacial score (nSPS) is 17.2. The Bertz CT molecular complexity index is 1230. The number of ketones is 1.